The van der Waals surface area contributed by atoms with Gasteiger partial charge in [0.05, 0.1) is 0 Å². The number of aromatic nitrogens is 1. The molecule has 0 aliphatic rings. The number of nitrogens with zero attached hydrogens (tertiary/aromatic N) is 1. The first-order valence-corrected chi connectivity index (χ1v) is 13.7. The number of ether oxygens (including phenoxy) is 3. The lowest BCUT2D eigenvalue weighted by Crippen LogP contribution is -2.27. The Bertz CT molecular complexity index is 1040. The van der Waals surface area contributed by atoms with Crippen LogP contribution in [0.1, 0.15) is 63.9 Å². The lowest BCUT2D eigenvalue weighted by molar-refractivity contribution is -0.0566. The molecule has 1 aromatic heterocycles. The van der Waals surface area contributed by atoms with Crippen molar-refractivity contribution in [1.82, 2.24) is 9.69 Å². The number of aromatic hydroxyl groups is 1. The molecule has 0 aliphatic heterocycles. The first-order chi connectivity index (χ1) is 18.2. The maximum absolute atomic E-state index is 10.2. The van der Waals surface area contributed by atoms with Gasteiger partial charge in [-0.25, -0.2) is 0 Å². The van der Waals surface area contributed by atoms with Crippen LogP contribution in [0.15, 0.2) is 54.6 Å². The molecule has 0 unspecified atom stereocenters. The number of benzene rings is 2. The van der Waals surface area contributed by atoms with Gasteiger partial charge in [0.15, 0.2) is 0 Å². The van der Waals surface area contributed by atoms with Crippen molar-refractivity contribution < 1.29 is 19.3 Å². The average molecular weight is 527 g/mol. The number of para-hydroxylation sites is 1. The molecular formula is C28H38N4O4S. The van der Waals surface area contributed by atoms with Crippen molar-refractivity contribution in [3.63, 3.8) is 0 Å². The fourth-order valence-electron chi connectivity index (χ4n) is 3.66. The second-order valence-electron chi connectivity index (χ2n) is 8.68. The van der Waals surface area contributed by atoms with E-state index in [1.165, 1.54) is 44.9 Å². The van der Waals surface area contributed by atoms with Gasteiger partial charge in [0, 0.05) is 12.3 Å². The molecular weight excluding hydrogens is 488 g/mol. The van der Waals surface area contributed by atoms with Crippen molar-refractivity contribution in [2.75, 3.05) is 25.4 Å². The van der Waals surface area contributed by atoms with Gasteiger partial charge >= 0.3 is 0 Å². The summed E-state index contributed by atoms with van der Waals surface area (Å²) in [4.78, 5) is 0. The van der Waals surface area contributed by atoms with Crippen LogP contribution in [0.2, 0.25) is 0 Å². The smallest absolute Gasteiger partial charge is 0.236 e. The lowest BCUT2D eigenvalue weighted by atomic mass is 10.1. The number of rotatable bonds is 18. The molecule has 3 rings (SSSR count). The Morgan fingerprint density at radius 1 is 0.892 bits per heavy atom. The predicted octanol–water partition coefficient (Wildman–Crippen LogP) is 7.39. The van der Waals surface area contributed by atoms with E-state index in [1.54, 1.807) is 0 Å². The second kappa shape index (κ2) is 16.6. The quantitative estimate of drug-likeness (QED) is 0.0592. The summed E-state index contributed by atoms with van der Waals surface area (Å²) >= 11 is 1.08. The maximum atomic E-state index is 10.2. The molecule has 37 heavy (non-hydrogen) atoms. The maximum Gasteiger partial charge on any atom is 0.236 e. The molecule has 0 bridgehead atoms. The Morgan fingerprint density at radius 3 is 2.30 bits per heavy atom. The van der Waals surface area contributed by atoms with Crippen LogP contribution in [0.5, 0.6) is 17.4 Å². The van der Waals surface area contributed by atoms with E-state index in [2.05, 4.69) is 21.9 Å². The minimum atomic E-state index is -0.208. The molecule has 0 saturated carbocycles. The minimum Gasteiger partial charge on any atom is -0.492 e. The molecule has 3 aromatic rings. The molecule has 4 N–H and O–H groups in total. The number of anilines is 2. The SMILES string of the molecule is CCCCCCCCCCOCOCNC(=N)c1c(O)nsc1Nc1ccc(Oc2ccccc2)cc1. The number of hydrogen-bond donors (Lipinski definition) is 4. The van der Waals surface area contributed by atoms with Gasteiger partial charge in [-0.1, -0.05) is 70.1 Å². The van der Waals surface area contributed by atoms with Crippen LogP contribution in [-0.4, -0.2) is 35.4 Å². The first-order valence-electron chi connectivity index (χ1n) is 12.9. The van der Waals surface area contributed by atoms with Gasteiger partial charge < -0.3 is 30.0 Å². The highest BCUT2D eigenvalue weighted by Gasteiger charge is 2.18. The van der Waals surface area contributed by atoms with E-state index >= 15 is 0 Å². The zero-order chi connectivity index (χ0) is 26.1. The van der Waals surface area contributed by atoms with Crippen molar-refractivity contribution in [2.24, 2.45) is 0 Å². The molecule has 8 nitrogen and oxygen atoms in total. The van der Waals surface area contributed by atoms with E-state index in [1.807, 2.05) is 54.6 Å². The molecule has 0 atom stereocenters. The molecule has 0 radical (unpaired) electrons. The summed E-state index contributed by atoms with van der Waals surface area (Å²) in [6, 6.07) is 17.0. The molecule has 0 spiro atoms. The van der Waals surface area contributed by atoms with Crippen molar-refractivity contribution in [3.8, 4) is 17.4 Å². The summed E-state index contributed by atoms with van der Waals surface area (Å²) in [5, 5.41) is 25.1. The van der Waals surface area contributed by atoms with Crippen LogP contribution in [0.25, 0.3) is 0 Å². The molecule has 0 fully saturated rings. The van der Waals surface area contributed by atoms with Gasteiger partial charge in [0.1, 0.15) is 41.4 Å². The fourth-order valence-corrected chi connectivity index (χ4v) is 4.38. The third-order valence-corrected chi connectivity index (χ3v) is 6.43. The summed E-state index contributed by atoms with van der Waals surface area (Å²) in [6.07, 6.45) is 10.1. The highest BCUT2D eigenvalue weighted by atomic mass is 32.1. The zero-order valence-corrected chi connectivity index (χ0v) is 22.3. The summed E-state index contributed by atoms with van der Waals surface area (Å²) in [5.41, 5.74) is 1.07. The molecule has 2 aromatic carbocycles. The molecule has 9 heteroatoms. The van der Waals surface area contributed by atoms with Gasteiger partial charge in [-0.2, -0.15) is 4.37 Å². The van der Waals surface area contributed by atoms with Crippen LogP contribution in [0, 0.1) is 5.41 Å². The molecule has 0 saturated heterocycles. The largest absolute Gasteiger partial charge is 0.492 e. The van der Waals surface area contributed by atoms with Crippen LogP contribution in [0.4, 0.5) is 10.7 Å². The van der Waals surface area contributed by atoms with E-state index in [4.69, 9.17) is 19.6 Å². The van der Waals surface area contributed by atoms with E-state index in [-0.39, 0.29) is 30.8 Å². The average Bonchev–Trinajstić information content (AvgIpc) is 3.28. The number of hydrogen-bond acceptors (Lipinski definition) is 8. The molecule has 0 amide bonds. The topological polar surface area (TPSA) is 109 Å². The summed E-state index contributed by atoms with van der Waals surface area (Å²) < 4.78 is 20.7. The van der Waals surface area contributed by atoms with Gasteiger partial charge in [0.25, 0.3) is 0 Å². The number of amidine groups is 1. The normalized spacial score (nSPS) is 10.8. The summed E-state index contributed by atoms with van der Waals surface area (Å²) in [7, 11) is 0. The zero-order valence-electron chi connectivity index (χ0n) is 21.5. The Labute approximate surface area is 223 Å². The second-order valence-corrected chi connectivity index (χ2v) is 9.45. The highest BCUT2D eigenvalue weighted by molar-refractivity contribution is 7.11. The Balaban J connectivity index is 1.34. The third kappa shape index (κ3) is 10.4. The van der Waals surface area contributed by atoms with Crippen molar-refractivity contribution in [2.45, 2.75) is 58.3 Å². The van der Waals surface area contributed by atoms with Gasteiger partial charge in [0.2, 0.25) is 5.88 Å². The van der Waals surface area contributed by atoms with Crippen molar-refractivity contribution >= 4 is 28.1 Å². The fraction of sp³-hybridized carbons (Fsp3) is 0.429. The summed E-state index contributed by atoms with van der Waals surface area (Å²) in [5.74, 6) is 1.28. The van der Waals surface area contributed by atoms with Gasteiger partial charge in [-0.15, -0.1) is 0 Å². The van der Waals surface area contributed by atoms with Crippen molar-refractivity contribution in [3.05, 3.63) is 60.2 Å². The van der Waals surface area contributed by atoms with Crippen molar-refractivity contribution in [1.29, 1.82) is 5.41 Å². The van der Waals surface area contributed by atoms with Crippen LogP contribution < -0.4 is 15.4 Å². The van der Waals surface area contributed by atoms with Crippen LogP contribution in [-0.2, 0) is 9.47 Å². The molecule has 0 aliphatic carbocycles. The van der Waals surface area contributed by atoms with Crippen LogP contribution >= 0.6 is 11.5 Å². The Morgan fingerprint density at radius 2 is 1.57 bits per heavy atom. The number of nitrogens with one attached hydrogen (secondary N) is 3. The van der Waals surface area contributed by atoms with E-state index in [0.29, 0.717) is 17.4 Å². The summed E-state index contributed by atoms with van der Waals surface area (Å²) in [6.45, 7) is 3.16. The van der Waals surface area contributed by atoms with Gasteiger partial charge in [-0.05, 0) is 54.4 Å². The van der Waals surface area contributed by atoms with E-state index in [0.717, 1.165) is 29.4 Å². The molecule has 1 heterocycles. The monoisotopic (exact) mass is 526 g/mol. The number of unbranched alkanes of at least 4 members (excludes halogenated alkanes) is 7. The first kappa shape index (κ1) is 28.4. The predicted molar refractivity (Wildman–Crippen MR) is 149 cm³/mol. The Hall–Kier alpha value is -3.14. The van der Waals surface area contributed by atoms with E-state index in [9.17, 15) is 5.11 Å². The Kier molecular flexibility index (Phi) is 12.7. The van der Waals surface area contributed by atoms with Gasteiger partial charge in [-0.3, -0.25) is 5.41 Å². The van der Waals surface area contributed by atoms with Crippen LogP contribution in [0.3, 0.4) is 0 Å². The van der Waals surface area contributed by atoms with E-state index < -0.39 is 0 Å². The molecule has 200 valence electrons. The third-order valence-electron chi connectivity index (χ3n) is 5.68. The standard InChI is InChI=1S/C28H38N4O4S/c1-2-3-4-5-6-7-8-12-19-34-21-35-20-30-26(29)25-27(33)32-37-28(25)31-22-15-17-24(18-16-22)36-23-13-10-9-11-14-23/h9-11,13-18,31H,2-8,12,19-21H2,1H3,(H2,29,30)(H,32,33). The lowest BCUT2D eigenvalue weighted by Gasteiger charge is -2.11. The minimum absolute atomic E-state index is 0.0147. The highest BCUT2D eigenvalue weighted by Crippen LogP contribution is 2.33.